The van der Waals surface area contributed by atoms with Crippen molar-refractivity contribution < 1.29 is 27.9 Å². The van der Waals surface area contributed by atoms with E-state index in [1.165, 1.54) is 12.1 Å². The van der Waals surface area contributed by atoms with Crippen LogP contribution >= 0.6 is 0 Å². The van der Waals surface area contributed by atoms with Gasteiger partial charge in [-0.25, -0.2) is 0 Å². The van der Waals surface area contributed by atoms with Crippen molar-refractivity contribution in [2.75, 3.05) is 11.9 Å². The third-order valence-corrected chi connectivity index (χ3v) is 4.85. The number of fused-ring (bicyclic) bond motifs is 1. The molecule has 3 aromatic rings. The zero-order valence-corrected chi connectivity index (χ0v) is 17.0. The highest BCUT2D eigenvalue weighted by atomic mass is 19.4. The molecule has 1 unspecified atom stereocenters. The van der Waals surface area contributed by atoms with Crippen LogP contribution in [-0.2, 0) is 4.79 Å². The largest absolute Gasteiger partial charge is 0.481 e. The second kappa shape index (κ2) is 10.1. The lowest BCUT2D eigenvalue weighted by molar-refractivity contribution is -0.137. The van der Waals surface area contributed by atoms with Crippen molar-refractivity contribution >= 4 is 28.5 Å². The molecule has 168 valence electrons. The number of carboxylic acids is 1. The lowest BCUT2D eigenvalue weighted by Gasteiger charge is -2.21. The second-order valence-electron chi connectivity index (χ2n) is 7.29. The number of aliphatic carboxylic acids is 1. The van der Waals surface area contributed by atoms with Crippen LogP contribution in [0, 0.1) is 0 Å². The average Bonchev–Trinajstić information content (AvgIpc) is 2.75. The maximum Gasteiger partial charge on any atom is 0.389 e. The topological polar surface area (TPSA) is 91.3 Å². The van der Waals surface area contributed by atoms with Gasteiger partial charge in [-0.2, -0.15) is 13.2 Å². The quantitative estimate of drug-likeness (QED) is 0.434. The predicted octanol–water partition coefficient (Wildman–Crippen LogP) is 4.94. The molecule has 2 aromatic carbocycles. The molecule has 0 saturated carbocycles. The molecular weight excluding hydrogens is 423 g/mol. The maximum absolute atomic E-state index is 12.9. The van der Waals surface area contributed by atoms with E-state index in [2.05, 4.69) is 15.6 Å². The van der Waals surface area contributed by atoms with Gasteiger partial charge in [-0.05, 0) is 36.2 Å². The molecule has 0 aliphatic carbocycles. The van der Waals surface area contributed by atoms with Gasteiger partial charge in [-0.15, -0.1) is 0 Å². The Morgan fingerprint density at radius 2 is 1.78 bits per heavy atom. The van der Waals surface area contributed by atoms with Crippen molar-refractivity contribution in [3.05, 3.63) is 71.9 Å². The molecule has 0 radical (unpaired) electrons. The predicted molar refractivity (Wildman–Crippen MR) is 114 cm³/mol. The van der Waals surface area contributed by atoms with Crippen LogP contribution in [0.15, 0.2) is 60.8 Å². The number of carboxylic acid groups (broad SMARTS) is 1. The second-order valence-corrected chi connectivity index (χ2v) is 7.29. The highest BCUT2D eigenvalue weighted by Crippen LogP contribution is 2.31. The SMILES string of the molecule is O=C(O)CCNC(=O)c1ccc(C(CCC(F)(F)F)Nc2cnc3ccccc3c2)cc1. The molecule has 1 aromatic heterocycles. The van der Waals surface area contributed by atoms with Gasteiger partial charge in [0.05, 0.1) is 29.9 Å². The first-order chi connectivity index (χ1) is 15.2. The van der Waals surface area contributed by atoms with Crippen LogP contribution in [0.4, 0.5) is 18.9 Å². The summed E-state index contributed by atoms with van der Waals surface area (Å²) in [5, 5.41) is 15.1. The number of aromatic nitrogens is 1. The first-order valence-electron chi connectivity index (χ1n) is 9.99. The molecule has 9 heteroatoms. The lowest BCUT2D eigenvalue weighted by Crippen LogP contribution is -2.26. The van der Waals surface area contributed by atoms with Gasteiger partial charge in [0.15, 0.2) is 0 Å². The van der Waals surface area contributed by atoms with Crippen LogP contribution < -0.4 is 10.6 Å². The Kier molecular flexibility index (Phi) is 7.29. The van der Waals surface area contributed by atoms with E-state index in [9.17, 15) is 22.8 Å². The van der Waals surface area contributed by atoms with Gasteiger partial charge in [-0.1, -0.05) is 30.3 Å². The molecule has 1 amide bonds. The van der Waals surface area contributed by atoms with Crippen LogP contribution in [-0.4, -0.2) is 34.7 Å². The van der Waals surface area contributed by atoms with E-state index in [1.54, 1.807) is 18.3 Å². The minimum absolute atomic E-state index is 0.0132. The lowest BCUT2D eigenvalue weighted by atomic mass is 9.99. The molecule has 0 aliphatic heterocycles. The van der Waals surface area contributed by atoms with Gasteiger partial charge in [0.2, 0.25) is 0 Å². The molecular formula is C23H22F3N3O3. The zero-order valence-electron chi connectivity index (χ0n) is 17.0. The standard InChI is InChI=1S/C23H22F3N3O3/c24-23(25,26)11-9-20(29-18-13-17-3-1-2-4-19(17)28-14-18)15-5-7-16(8-6-15)22(32)27-12-10-21(30)31/h1-8,13-14,20,29H,9-12H2,(H,27,32)(H,30,31). The van der Waals surface area contributed by atoms with Gasteiger partial charge in [0.1, 0.15) is 0 Å². The average molecular weight is 445 g/mol. The number of carbonyl (C=O) groups is 2. The van der Waals surface area contributed by atoms with E-state index < -0.39 is 30.5 Å². The Labute approximate surface area is 182 Å². The number of pyridine rings is 1. The highest BCUT2D eigenvalue weighted by Gasteiger charge is 2.29. The monoisotopic (exact) mass is 445 g/mol. The van der Waals surface area contributed by atoms with Crippen molar-refractivity contribution in [2.45, 2.75) is 31.5 Å². The first-order valence-corrected chi connectivity index (χ1v) is 9.99. The number of halogens is 3. The summed E-state index contributed by atoms with van der Waals surface area (Å²) in [6.45, 7) is -0.0132. The zero-order chi connectivity index (χ0) is 23.1. The number of nitrogens with zero attached hydrogens (tertiary/aromatic N) is 1. The normalized spacial score (nSPS) is 12.3. The maximum atomic E-state index is 12.9. The number of nitrogens with one attached hydrogen (secondary N) is 2. The van der Waals surface area contributed by atoms with E-state index in [4.69, 9.17) is 5.11 Å². The van der Waals surface area contributed by atoms with E-state index in [1.807, 2.05) is 30.3 Å². The van der Waals surface area contributed by atoms with Gasteiger partial charge >= 0.3 is 12.1 Å². The van der Waals surface area contributed by atoms with Crippen LogP contribution in [0.2, 0.25) is 0 Å². The summed E-state index contributed by atoms with van der Waals surface area (Å²) in [6.07, 6.45) is -4.09. The molecule has 0 bridgehead atoms. The smallest absolute Gasteiger partial charge is 0.389 e. The van der Waals surface area contributed by atoms with Gasteiger partial charge in [0, 0.05) is 23.9 Å². The van der Waals surface area contributed by atoms with Crippen molar-refractivity contribution in [1.82, 2.24) is 10.3 Å². The van der Waals surface area contributed by atoms with Gasteiger partial charge in [-0.3, -0.25) is 14.6 Å². The number of hydrogen-bond acceptors (Lipinski definition) is 4. The molecule has 3 N–H and O–H groups in total. The fraction of sp³-hybridized carbons (Fsp3) is 0.261. The van der Waals surface area contributed by atoms with Crippen molar-refractivity contribution in [3.8, 4) is 0 Å². The molecule has 0 spiro atoms. The number of rotatable bonds is 9. The van der Waals surface area contributed by atoms with Crippen LogP contribution in [0.1, 0.15) is 41.2 Å². The Balaban J connectivity index is 1.76. The molecule has 1 atom stereocenters. The summed E-state index contributed by atoms with van der Waals surface area (Å²) in [4.78, 5) is 27.0. The van der Waals surface area contributed by atoms with E-state index in [0.29, 0.717) is 16.8 Å². The van der Waals surface area contributed by atoms with Gasteiger partial charge < -0.3 is 15.7 Å². The van der Waals surface area contributed by atoms with Crippen LogP contribution in [0.5, 0.6) is 0 Å². The Hall–Kier alpha value is -3.62. The summed E-state index contributed by atoms with van der Waals surface area (Å²) in [7, 11) is 0. The summed E-state index contributed by atoms with van der Waals surface area (Å²) >= 11 is 0. The molecule has 3 rings (SSSR count). The number of carbonyl (C=O) groups excluding carboxylic acids is 1. The minimum Gasteiger partial charge on any atom is -0.481 e. The molecule has 6 nitrogen and oxygen atoms in total. The molecule has 32 heavy (non-hydrogen) atoms. The third kappa shape index (κ3) is 6.69. The number of para-hydroxylation sites is 1. The summed E-state index contributed by atoms with van der Waals surface area (Å²) in [5.74, 6) is -1.47. The van der Waals surface area contributed by atoms with E-state index in [-0.39, 0.29) is 19.4 Å². The van der Waals surface area contributed by atoms with Crippen LogP contribution in [0.25, 0.3) is 10.9 Å². The molecule has 0 fully saturated rings. The highest BCUT2D eigenvalue weighted by molar-refractivity contribution is 5.94. The Morgan fingerprint density at radius 1 is 1.06 bits per heavy atom. The molecule has 0 aliphatic rings. The van der Waals surface area contributed by atoms with E-state index in [0.717, 1.165) is 10.9 Å². The van der Waals surface area contributed by atoms with E-state index >= 15 is 0 Å². The number of hydrogen-bond donors (Lipinski definition) is 3. The van der Waals surface area contributed by atoms with Gasteiger partial charge in [0.25, 0.3) is 5.91 Å². The Bertz CT molecular complexity index is 1090. The summed E-state index contributed by atoms with van der Waals surface area (Å²) in [5.41, 5.74) is 2.25. The minimum atomic E-state index is -4.30. The first kappa shape index (κ1) is 23.1. The fourth-order valence-electron chi connectivity index (χ4n) is 3.23. The number of benzene rings is 2. The summed E-state index contributed by atoms with van der Waals surface area (Å²) < 4.78 is 38.7. The fourth-order valence-corrected chi connectivity index (χ4v) is 3.23. The number of anilines is 1. The van der Waals surface area contributed by atoms with Crippen molar-refractivity contribution in [1.29, 1.82) is 0 Å². The number of amides is 1. The number of alkyl halides is 3. The molecule has 0 saturated heterocycles. The van der Waals surface area contributed by atoms with Crippen molar-refractivity contribution in [3.63, 3.8) is 0 Å². The third-order valence-electron chi connectivity index (χ3n) is 4.85. The van der Waals surface area contributed by atoms with Crippen LogP contribution in [0.3, 0.4) is 0 Å². The molecule has 1 heterocycles. The van der Waals surface area contributed by atoms with Crippen molar-refractivity contribution in [2.24, 2.45) is 0 Å². The summed E-state index contributed by atoms with van der Waals surface area (Å²) in [6, 6.07) is 14.8. The Morgan fingerprint density at radius 3 is 2.47 bits per heavy atom.